The Morgan fingerprint density at radius 3 is 2.32 bits per heavy atom. The number of carbonyl (C=O) groups excluding carboxylic acids is 1. The zero-order valence-corrected chi connectivity index (χ0v) is 18.6. The molecule has 8 nitrogen and oxygen atoms in total. The van der Waals surface area contributed by atoms with E-state index in [-0.39, 0.29) is 24.1 Å². The number of rotatable bonds is 9. The van der Waals surface area contributed by atoms with E-state index < -0.39 is 16.0 Å². The molecule has 1 N–H and O–H groups in total. The number of carbonyl (C=O) groups is 1. The van der Waals surface area contributed by atoms with Crippen LogP contribution in [0.25, 0.3) is 0 Å². The molecular weight excluding hydrogens is 420 g/mol. The van der Waals surface area contributed by atoms with Crippen LogP contribution >= 0.6 is 0 Å². The molecule has 1 unspecified atom stereocenters. The van der Waals surface area contributed by atoms with Crippen LogP contribution in [0.4, 0.5) is 0 Å². The Hall–Kier alpha value is -2.46. The molecule has 0 saturated carbocycles. The fourth-order valence-electron chi connectivity index (χ4n) is 3.43. The maximum absolute atomic E-state index is 12.9. The summed E-state index contributed by atoms with van der Waals surface area (Å²) in [6.45, 7) is 4.82. The van der Waals surface area contributed by atoms with E-state index in [4.69, 9.17) is 14.2 Å². The summed E-state index contributed by atoms with van der Waals surface area (Å²) in [6, 6.07) is 13.2. The summed E-state index contributed by atoms with van der Waals surface area (Å²) in [5.41, 5.74) is 1.30. The normalized spacial score (nSPS) is 15.9. The Labute approximate surface area is 183 Å². The molecule has 1 atom stereocenters. The van der Waals surface area contributed by atoms with Crippen molar-refractivity contribution in [3.05, 3.63) is 59.7 Å². The van der Waals surface area contributed by atoms with E-state index in [0.29, 0.717) is 31.9 Å². The van der Waals surface area contributed by atoms with Crippen LogP contribution in [0.3, 0.4) is 0 Å². The summed E-state index contributed by atoms with van der Waals surface area (Å²) in [4.78, 5) is 14.1. The van der Waals surface area contributed by atoms with Crippen molar-refractivity contribution in [2.45, 2.75) is 17.9 Å². The monoisotopic (exact) mass is 448 g/mol. The average Bonchev–Trinajstić information content (AvgIpc) is 2.80. The zero-order valence-electron chi connectivity index (χ0n) is 17.7. The van der Waals surface area contributed by atoms with Gasteiger partial charge in [0.25, 0.3) is 0 Å². The second kappa shape index (κ2) is 10.7. The van der Waals surface area contributed by atoms with Crippen molar-refractivity contribution in [2.75, 3.05) is 46.6 Å². The van der Waals surface area contributed by atoms with Crippen molar-refractivity contribution in [2.24, 2.45) is 0 Å². The standard InChI is InChI=1S/C22H28N2O6S/c1-3-30-22(25)18-6-10-20(11-7-18)31(26,27)23-16-21(24-12-14-29-15-13-24)17-4-8-19(28-2)9-5-17/h4-11,21,23H,3,12-16H2,1-2H3. The number of nitrogens with one attached hydrogen (secondary N) is 1. The first kappa shape index (κ1) is 23.2. The second-order valence-corrected chi connectivity index (χ2v) is 8.80. The van der Waals surface area contributed by atoms with Crippen LogP contribution in [0.1, 0.15) is 28.9 Å². The molecule has 168 valence electrons. The number of esters is 1. The molecule has 0 amide bonds. The number of hydrogen-bond donors (Lipinski definition) is 1. The lowest BCUT2D eigenvalue weighted by Gasteiger charge is -2.35. The van der Waals surface area contributed by atoms with Crippen molar-refractivity contribution in [1.82, 2.24) is 9.62 Å². The summed E-state index contributed by atoms with van der Waals surface area (Å²) in [6.07, 6.45) is 0. The number of hydrogen-bond acceptors (Lipinski definition) is 7. The largest absolute Gasteiger partial charge is 0.497 e. The number of methoxy groups -OCH3 is 1. The van der Waals surface area contributed by atoms with Gasteiger partial charge in [-0.05, 0) is 48.9 Å². The number of morpholine rings is 1. The minimum atomic E-state index is -3.75. The molecule has 1 fully saturated rings. The highest BCUT2D eigenvalue weighted by molar-refractivity contribution is 7.89. The summed E-state index contributed by atoms with van der Waals surface area (Å²) >= 11 is 0. The van der Waals surface area contributed by atoms with Crippen LogP contribution in [-0.2, 0) is 19.5 Å². The van der Waals surface area contributed by atoms with Crippen LogP contribution < -0.4 is 9.46 Å². The van der Waals surface area contributed by atoms with Crippen molar-refractivity contribution >= 4 is 16.0 Å². The molecule has 31 heavy (non-hydrogen) atoms. The van der Waals surface area contributed by atoms with Gasteiger partial charge in [0.05, 0.1) is 37.4 Å². The lowest BCUT2D eigenvalue weighted by molar-refractivity contribution is 0.0172. The average molecular weight is 449 g/mol. The lowest BCUT2D eigenvalue weighted by atomic mass is 10.0. The van der Waals surface area contributed by atoms with Gasteiger partial charge in [0.15, 0.2) is 0 Å². The molecule has 9 heteroatoms. The Balaban J connectivity index is 1.75. The van der Waals surface area contributed by atoms with Gasteiger partial charge in [-0.25, -0.2) is 17.9 Å². The highest BCUT2D eigenvalue weighted by Crippen LogP contribution is 2.24. The summed E-state index contributed by atoms with van der Waals surface area (Å²) in [7, 11) is -2.15. The van der Waals surface area contributed by atoms with Gasteiger partial charge in [-0.15, -0.1) is 0 Å². The maximum atomic E-state index is 12.9. The molecule has 2 aromatic rings. The molecule has 1 aliphatic rings. The first-order chi connectivity index (χ1) is 14.9. The van der Waals surface area contributed by atoms with Crippen LogP contribution in [0.5, 0.6) is 5.75 Å². The molecule has 0 aromatic heterocycles. The van der Waals surface area contributed by atoms with Crippen molar-refractivity contribution in [3.8, 4) is 5.75 Å². The number of sulfonamides is 1. The fraction of sp³-hybridized carbons (Fsp3) is 0.409. The van der Waals surface area contributed by atoms with Gasteiger partial charge in [-0.2, -0.15) is 0 Å². The minimum Gasteiger partial charge on any atom is -0.497 e. The summed E-state index contributed by atoms with van der Waals surface area (Å²) < 4.78 is 44.1. The number of benzene rings is 2. The van der Waals surface area contributed by atoms with E-state index in [2.05, 4.69) is 9.62 Å². The van der Waals surface area contributed by atoms with Gasteiger partial charge in [-0.1, -0.05) is 12.1 Å². The number of nitrogens with zero attached hydrogens (tertiary/aromatic N) is 1. The van der Waals surface area contributed by atoms with Crippen LogP contribution in [-0.4, -0.2) is 65.9 Å². The van der Waals surface area contributed by atoms with Crippen molar-refractivity contribution in [3.63, 3.8) is 0 Å². The Bertz CT molecular complexity index is 955. The predicted octanol–water partition coefficient (Wildman–Crippen LogP) is 2.22. The topological polar surface area (TPSA) is 94.2 Å². The molecule has 1 aliphatic heterocycles. The first-order valence-electron chi connectivity index (χ1n) is 10.2. The second-order valence-electron chi connectivity index (χ2n) is 7.03. The van der Waals surface area contributed by atoms with E-state index in [1.807, 2.05) is 24.3 Å². The van der Waals surface area contributed by atoms with Crippen molar-refractivity contribution in [1.29, 1.82) is 0 Å². The highest BCUT2D eigenvalue weighted by atomic mass is 32.2. The fourth-order valence-corrected chi connectivity index (χ4v) is 4.47. The van der Waals surface area contributed by atoms with E-state index >= 15 is 0 Å². The van der Waals surface area contributed by atoms with E-state index in [9.17, 15) is 13.2 Å². The lowest BCUT2D eigenvalue weighted by Crippen LogP contribution is -2.43. The molecule has 3 rings (SSSR count). The molecule has 0 spiro atoms. The smallest absolute Gasteiger partial charge is 0.338 e. The molecular formula is C22H28N2O6S. The van der Waals surface area contributed by atoms with Crippen LogP contribution in [0, 0.1) is 0 Å². The molecule has 0 aliphatic carbocycles. The van der Waals surface area contributed by atoms with Gasteiger partial charge in [0.2, 0.25) is 10.0 Å². The third-order valence-corrected chi connectivity index (χ3v) is 6.57. The maximum Gasteiger partial charge on any atom is 0.338 e. The Morgan fingerprint density at radius 1 is 1.10 bits per heavy atom. The minimum absolute atomic E-state index is 0.0935. The summed E-state index contributed by atoms with van der Waals surface area (Å²) in [5, 5.41) is 0. The van der Waals surface area contributed by atoms with Gasteiger partial charge < -0.3 is 14.2 Å². The molecule has 1 saturated heterocycles. The Kier molecular flexibility index (Phi) is 8.03. The van der Waals surface area contributed by atoms with Gasteiger partial charge >= 0.3 is 5.97 Å². The zero-order chi connectivity index (χ0) is 22.3. The highest BCUT2D eigenvalue weighted by Gasteiger charge is 2.25. The van der Waals surface area contributed by atoms with Gasteiger partial charge in [0.1, 0.15) is 5.75 Å². The van der Waals surface area contributed by atoms with Crippen LogP contribution in [0.15, 0.2) is 53.4 Å². The van der Waals surface area contributed by atoms with Gasteiger partial charge in [0, 0.05) is 25.7 Å². The van der Waals surface area contributed by atoms with Gasteiger partial charge in [-0.3, -0.25) is 4.90 Å². The molecule has 0 bridgehead atoms. The first-order valence-corrected chi connectivity index (χ1v) is 11.7. The predicted molar refractivity (Wildman–Crippen MR) is 116 cm³/mol. The van der Waals surface area contributed by atoms with Crippen LogP contribution in [0.2, 0.25) is 0 Å². The SMILES string of the molecule is CCOC(=O)c1ccc(S(=O)(=O)NCC(c2ccc(OC)cc2)N2CCOCC2)cc1. The van der Waals surface area contributed by atoms with Crippen molar-refractivity contribution < 1.29 is 27.4 Å². The van der Waals surface area contributed by atoms with E-state index in [1.165, 1.54) is 24.3 Å². The number of ether oxygens (including phenoxy) is 3. The molecule has 1 heterocycles. The third kappa shape index (κ3) is 6.04. The van der Waals surface area contributed by atoms with E-state index in [1.54, 1.807) is 14.0 Å². The third-order valence-electron chi connectivity index (χ3n) is 5.13. The molecule has 2 aromatic carbocycles. The van der Waals surface area contributed by atoms with E-state index in [0.717, 1.165) is 11.3 Å². The Morgan fingerprint density at radius 2 is 1.74 bits per heavy atom. The molecule has 0 radical (unpaired) electrons. The summed E-state index contributed by atoms with van der Waals surface area (Å²) in [5.74, 6) is 0.262. The quantitative estimate of drug-likeness (QED) is 0.588.